The van der Waals surface area contributed by atoms with Crippen LogP contribution in [0.1, 0.15) is 40.0 Å². The summed E-state index contributed by atoms with van der Waals surface area (Å²) < 4.78 is 5.22. The standard InChI is InChI=1S/C12H25NO/c1-9-5-6-12(13,10(2)7-9)11(3)8-14-4/h9-11H,5-8,13H2,1-4H3. The minimum atomic E-state index is 0.00250. The Morgan fingerprint density at radius 1 is 1.50 bits per heavy atom. The van der Waals surface area contributed by atoms with Crippen LogP contribution in [0.2, 0.25) is 0 Å². The van der Waals surface area contributed by atoms with E-state index in [9.17, 15) is 0 Å². The molecule has 84 valence electrons. The molecule has 4 atom stereocenters. The second kappa shape index (κ2) is 4.63. The summed E-state index contributed by atoms with van der Waals surface area (Å²) in [6, 6.07) is 0. The second-order valence-corrected chi connectivity index (χ2v) is 5.25. The Morgan fingerprint density at radius 2 is 2.14 bits per heavy atom. The highest BCUT2D eigenvalue weighted by Gasteiger charge is 2.40. The third-order valence-electron chi connectivity index (χ3n) is 4.08. The first-order valence-corrected chi connectivity index (χ1v) is 5.78. The molecular weight excluding hydrogens is 174 g/mol. The number of methoxy groups -OCH3 is 1. The van der Waals surface area contributed by atoms with Crippen LogP contribution in [0.5, 0.6) is 0 Å². The first-order chi connectivity index (χ1) is 6.50. The van der Waals surface area contributed by atoms with Crippen LogP contribution in [-0.2, 0) is 4.74 Å². The van der Waals surface area contributed by atoms with Crippen molar-refractivity contribution in [1.29, 1.82) is 0 Å². The van der Waals surface area contributed by atoms with Crippen molar-refractivity contribution in [2.75, 3.05) is 13.7 Å². The van der Waals surface area contributed by atoms with E-state index in [1.54, 1.807) is 7.11 Å². The monoisotopic (exact) mass is 199 g/mol. The van der Waals surface area contributed by atoms with Gasteiger partial charge in [0, 0.05) is 12.6 Å². The lowest BCUT2D eigenvalue weighted by Crippen LogP contribution is -2.55. The maximum atomic E-state index is 6.51. The SMILES string of the molecule is COCC(C)C1(N)CCC(C)CC1C. The summed E-state index contributed by atoms with van der Waals surface area (Å²) in [6.45, 7) is 7.63. The zero-order chi connectivity index (χ0) is 10.8. The normalized spacial score (nSPS) is 40.9. The van der Waals surface area contributed by atoms with Crippen molar-refractivity contribution >= 4 is 0 Å². The Hall–Kier alpha value is -0.0800. The molecule has 1 fully saturated rings. The number of ether oxygens (including phenoxy) is 1. The van der Waals surface area contributed by atoms with Crippen LogP contribution in [-0.4, -0.2) is 19.3 Å². The Labute approximate surface area is 88.2 Å². The second-order valence-electron chi connectivity index (χ2n) is 5.25. The molecule has 1 saturated carbocycles. The van der Waals surface area contributed by atoms with Gasteiger partial charge < -0.3 is 10.5 Å². The van der Waals surface area contributed by atoms with Crippen LogP contribution in [0.3, 0.4) is 0 Å². The van der Waals surface area contributed by atoms with Crippen LogP contribution in [0.4, 0.5) is 0 Å². The summed E-state index contributed by atoms with van der Waals surface area (Å²) in [5.74, 6) is 1.93. The minimum Gasteiger partial charge on any atom is -0.384 e. The quantitative estimate of drug-likeness (QED) is 0.757. The summed E-state index contributed by atoms with van der Waals surface area (Å²) in [4.78, 5) is 0. The van der Waals surface area contributed by atoms with Gasteiger partial charge in [-0.25, -0.2) is 0 Å². The van der Waals surface area contributed by atoms with Crippen molar-refractivity contribution in [2.24, 2.45) is 23.5 Å². The van der Waals surface area contributed by atoms with Gasteiger partial charge in [-0.15, -0.1) is 0 Å². The van der Waals surface area contributed by atoms with E-state index < -0.39 is 0 Å². The topological polar surface area (TPSA) is 35.2 Å². The molecule has 0 spiro atoms. The van der Waals surface area contributed by atoms with Gasteiger partial charge in [-0.2, -0.15) is 0 Å². The third-order valence-corrected chi connectivity index (χ3v) is 4.08. The Morgan fingerprint density at radius 3 is 2.64 bits per heavy atom. The van der Waals surface area contributed by atoms with E-state index in [2.05, 4.69) is 20.8 Å². The van der Waals surface area contributed by atoms with E-state index in [1.807, 2.05) is 0 Å². The molecule has 1 aliphatic rings. The summed E-state index contributed by atoms with van der Waals surface area (Å²) in [5.41, 5.74) is 6.52. The molecule has 2 heteroatoms. The molecule has 0 aromatic rings. The van der Waals surface area contributed by atoms with Crippen molar-refractivity contribution in [3.63, 3.8) is 0 Å². The number of hydrogen-bond acceptors (Lipinski definition) is 2. The Kier molecular flexibility index (Phi) is 3.96. The van der Waals surface area contributed by atoms with Crippen molar-refractivity contribution in [2.45, 2.75) is 45.6 Å². The molecule has 0 aromatic heterocycles. The maximum absolute atomic E-state index is 6.51. The highest BCUT2D eigenvalue weighted by Crippen LogP contribution is 2.39. The zero-order valence-corrected chi connectivity index (χ0v) is 10.0. The molecule has 0 saturated heterocycles. The third kappa shape index (κ3) is 2.29. The average Bonchev–Trinajstić information content (AvgIpc) is 2.12. The van der Waals surface area contributed by atoms with Gasteiger partial charge in [0.25, 0.3) is 0 Å². The van der Waals surface area contributed by atoms with Gasteiger partial charge in [-0.3, -0.25) is 0 Å². The molecule has 0 aromatic carbocycles. The lowest BCUT2D eigenvalue weighted by molar-refractivity contribution is 0.0528. The fraction of sp³-hybridized carbons (Fsp3) is 1.00. The van der Waals surface area contributed by atoms with E-state index in [0.29, 0.717) is 11.8 Å². The van der Waals surface area contributed by atoms with Crippen molar-refractivity contribution in [3.8, 4) is 0 Å². The molecule has 1 rings (SSSR count). The van der Waals surface area contributed by atoms with Crippen LogP contribution >= 0.6 is 0 Å². The molecule has 0 heterocycles. The Bertz CT molecular complexity index is 177. The number of hydrogen-bond donors (Lipinski definition) is 1. The number of nitrogens with two attached hydrogens (primary N) is 1. The molecule has 4 unspecified atom stereocenters. The molecular formula is C12H25NO. The first kappa shape index (κ1) is 12.0. The predicted molar refractivity (Wildman–Crippen MR) is 60.1 cm³/mol. The van der Waals surface area contributed by atoms with E-state index in [0.717, 1.165) is 18.9 Å². The minimum absolute atomic E-state index is 0.00250. The predicted octanol–water partition coefficient (Wildman–Crippen LogP) is 2.42. The van der Waals surface area contributed by atoms with Crippen LogP contribution in [0.15, 0.2) is 0 Å². The fourth-order valence-electron chi connectivity index (χ4n) is 2.82. The lowest BCUT2D eigenvalue weighted by atomic mass is 9.65. The maximum Gasteiger partial charge on any atom is 0.0505 e. The molecule has 14 heavy (non-hydrogen) atoms. The van der Waals surface area contributed by atoms with Gasteiger partial charge in [0.15, 0.2) is 0 Å². The van der Waals surface area contributed by atoms with Crippen molar-refractivity contribution in [3.05, 3.63) is 0 Å². The molecule has 0 aliphatic heterocycles. The summed E-state index contributed by atoms with van der Waals surface area (Å²) in [6.07, 6.45) is 3.69. The van der Waals surface area contributed by atoms with E-state index in [-0.39, 0.29) is 5.54 Å². The van der Waals surface area contributed by atoms with Crippen molar-refractivity contribution in [1.82, 2.24) is 0 Å². The lowest BCUT2D eigenvalue weighted by Gasteiger charge is -2.45. The highest BCUT2D eigenvalue weighted by atomic mass is 16.5. The van der Waals surface area contributed by atoms with Gasteiger partial charge in [0.2, 0.25) is 0 Å². The van der Waals surface area contributed by atoms with Gasteiger partial charge >= 0.3 is 0 Å². The van der Waals surface area contributed by atoms with Gasteiger partial charge in [0.1, 0.15) is 0 Å². The van der Waals surface area contributed by atoms with Crippen LogP contribution in [0.25, 0.3) is 0 Å². The summed E-state index contributed by atoms with van der Waals surface area (Å²) in [5, 5.41) is 0. The van der Waals surface area contributed by atoms with Gasteiger partial charge in [0.05, 0.1) is 6.61 Å². The van der Waals surface area contributed by atoms with E-state index in [4.69, 9.17) is 10.5 Å². The molecule has 0 bridgehead atoms. The smallest absolute Gasteiger partial charge is 0.0505 e. The first-order valence-electron chi connectivity index (χ1n) is 5.78. The van der Waals surface area contributed by atoms with Crippen molar-refractivity contribution < 1.29 is 4.74 Å². The van der Waals surface area contributed by atoms with Crippen LogP contribution in [0, 0.1) is 17.8 Å². The Balaban J connectivity index is 2.62. The molecule has 0 amide bonds. The van der Waals surface area contributed by atoms with Crippen LogP contribution < -0.4 is 5.73 Å². The number of rotatable bonds is 3. The largest absolute Gasteiger partial charge is 0.384 e. The van der Waals surface area contributed by atoms with E-state index >= 15 is 0 Å². The molecule has 0 radical (unpaired) electrons. The van der Waals surface area contributed by atoms with E-state index in [1.165, 1.54) is 12.8 Å². The average molecular weight is 199 g/mol. The zero-order valence-electron chi connectivity index (χ0n) is 10.0. The molecule has 2 nitrogen and oxygen atoms in total. The van der Waals surface area contributed by atoms with Gasteiger partial charge in [-0.1, -0.05) is 20.8 Å². The summed E-state index contributed by atoms with van der Waals surface area (Å²) in [7, 11) is 1.76. The van der Waals surface area contributed by atoms with Gasteiger partial charge in [-0.05, 0) is 37.0 Å². The summed E-state index contributed by atoms with van der Waals surface area (Å²) >= 11 is 0. The highest BCUT2D eigenvalue weighted by molar-refractivity contribution is 4.97. The fourth-order valence-corrected chi connectivity index (χ4v) is 2.82. The molecule has 2 N–H and O–H groups in total. The molecule has 1 aliphatic carbocycles.